The third kappa shape index (κ3) is 2.04. The van der Waals surface area contributed by atoms with E-state index in [9.17, 15) is 4.39 Å². The first-order chi connectivity index (χ1) is 7.16. The van der Waals surface area contributed by atoms with Crippen molar-refractivity contribution in [1.82, 2.24) is 20.2 Å². The van der Waals surface area contributed by atoms with Gasteiger partial charge in [-0.05, 0) is 28.6 Å². The maximum absolute atomic E-state index is 12.9. The quantitative estimate of drug-likeness (QED) is 0.849. The second-order valence-electron chi connectivity index (χ2n) is 2.88. The average Bonchev–Trinajstić information content (AvgIpc) is 2.59. The van der Waals surface area contributed by atoms with Crippen molar-refractivity contribution in [1.29, 1.82) is 0 Å². The second kappa shape index (κ2) is 3.82. The van der Waals surface area contributed by atoms with Gasteiger partial charge in [-0.1, -0.05) is 16.7 Å². The Morgan fingerprint density at radius 3 is 2.87 bits per heavy atom. The Labute approximate surface area is 89.9 Å². The van der Waals surface area contributed by atoms with Gasteiger partial charge in [-0.2, -0.15) is 0 Å². The van der Waals surface area contributed by atoms with E-state index >= 15 is 0 Å². The molecule has 2 rings (SSSR count). The number of tetrazole rings is 1. The summed E-state index contributed by atoms with van der Waals surface area (Å²) in [6.45, 7) is 0. The van der Waals surface area contributed by atoms with Crippen LogP contribution in [0.25, 0.3) is 0 Å². The number of halogens is 2. The van der Waals surface area contributed by atoms with Crippen molar-refractivity contribution in [3.05, 3.63) is 29.0 Å². The molecule has 2 aromatic rings. The van der Waals surface area contributed by atoms with Gasteiger partial charge >= 0.3 is 0 Å². The molecule has 1 N–H and O–H groups in total. The van der Waals surface area contributed by atoms with Crippen LogP contribution in [0.4, 0.5) is 16.0 Å². The molecule has 0 fully saturated rings. The summed E-state index contributed by atoms with van der Waals surface area (Å²) in [5, 5.41) is 13.8. The van der Waals surface area contributed by atoms with Crippen LogP contribution < -0.4 is 5.32 Å². The molecule has 0 radical (unpaired) electrons. The highest BCUT2D eigenvalue weighted by Gasteiger charge is 2.04. The molecule has 0 saturated carbocycles. The molecule has 0 aliphatic rings. The highest BCUT2D eigenvalue weighted by molar-refractivity contribution is 6.31. The number of hydrogen-bond donors (Lipinski definition) is 1. The summed E-state index contributed by atoms with van der Waals surface area (Å²) in [7, 11) is 1.69. The lowest BCUT2D eigenvalue weighted by Gasteiger charge is -2.04. The van der Waals surface area contributed by atoms with Crippen LogP contribution >= 0.6 is 11.6 Å². The van der Waals surface area contributed by atoms with Crippen molar-refractivity contribution in [3.8, 4) is 0 Å². The molecule has 0 saturated heterocycles. The van der Waals surface area contributed by atoms with Crippen LogP contribution in [-0.4, -0.2) is 20.2 Å². The summed E-state index contributed by atoms with van der Waals surface area (Å²) < 4.78 is 14.3. The SMILES string of the molecule is Cn1nnnc1Nc1ccc(F)c(Cl)c1. The van der Waals surface area contributed by atoms with Gasteiger partial charge in [0.05, 0.1) is 5.02 Å². The maximum atomic E-state index is 12.9. The average molecular weight is 228 g/mol. The molecule has 0 atom stereocenters. The number of aromatic nitrogens is 4. The molecule has 78 valence electrons. The first kappa shape index (κ1) is 9.85. The van der Waals surface area contributed by atoms with Gasteiger partial charge in [-0.25, -0.2) is 9.07 Å². The zero-order valence-corrected chi connectivity index (χ0v) is 8.53. The smallest absolute Gasteiger partial charge is 0.247 e. The molecule has 7 heteroatoms. The summed E-state index contributed by atoms with van der Waals surface area (Å²) in [5.74, 6) is -0.00372. The van der Waals surface area contributed by atoms with Crippen LogP contribution in [0.15, 0.2) is 18.2 Å². The van der Waals surface area contributed by atoms with Crippen molar-refractivity contribution in [3.63, 3.8) is 0 Å². The lowest BCUT2D eigenvalue weighted by Crippen LogP contribution is -2.00. The fraction of sp³-hybridized carbons (Fsp3) is 0.125. The van der Waals surface area contributed by atoms with Gasteiger partial charge in [0.1, 0.15) is 5.82 Å². The second-order valence-corrected chi connectivity index (χ2v) is 3.29. The molecule has 1 aromatic heterocycles. The molecular formula is C8H7ClFN5. The molecule has 0 amide bonds. The van der Waals surface area contributed by atoms with Crippen molar-refractivity contribution in [2.24, 2.45) is 7.05 Å². The van der Waals surface area contributed by atoms with Crippen molar-refractivity contribution in [2.45, 2.75) is 0 Å². The zero-order valence-electron chi connectivity index (χ0n) is 7.78. The Morgan fingerprint density at radius 2 is 2.27 bits per heavy atom. The van der Waals surface area contributed by atoms with E-state index in [1.54, 1.807) is 13.1 Å². The van der Waals surface area contributed by atoms with E-state index in [0.717, 1.165) is 0 Å². The summed E-state index contributed by atoms with van der Waals surface area (Å²) in [6.07, 6.45) is 0. The molecule has 0 aliphatic carbocycles. The minimum absolute atomic E-state index is 0.0510. The van der Waals surface area contributed by atoms with E-state index < -0.39 is 5.82 Å². The first-order valence-electron chi connectivity index (χ1n) is 4.11. The summed E-state index contributed by atoms with van der Waals surface area (Å²) >= 11 is 5.62. The zero-order chi connectivity index (χ0) is 10.8. The number of rotatable bonds is 2. The molecule has 0 spiro atoms. The highest BCUT2D eigenvalue weighted by atomic mass is 35.5. The molecular weight excluding hydrogens is 221 g/mol. The number of hydrogen-bond acceptors (Lipinski definition) is 4. The van der Waals surface area contributed by atoms with E-state index in [-0.39, 0.29) is 5.02 Å². The number of benzene rings is 1. The predicted molar refractivity (Wildman–Crippen MR) is 53.5 cm³/mol. The van der Waals surface area contributed by atoms with E-state index in [1.807, 2.05) is 0 Å². The normalized spacial score (nSPS) is 10.3. The third-order valence-electron chi connectivity index (χ3n) is 1.80. The van der Waals surface area contributed by atoms with E-state index in [1.165, 1.54) is 16.8 Å². The Hall–Kier alpha value is -1.69. The van der Waals surface area contributed by atoms with Gasteiger partial charge in [0.15, 0.2) is 0 Å². The van der Waals surface area contributed by atoms with Gasteiger partial charge in [-0.3, -0.25) is 0 Å². The minimum atomic E-state index is -0.460. The fourth-order valence-electron chi connectivity index (χ4n) is 1.04. The van der Waals surface area contributed by atoms with Crippen molar-refractivity contribution >= 4 is 23.2 Å². The summed E-state index contributed by atoms with van der Waals surface area (Å²) in [6, 6.07) is 4.29. The molecule has 1 heterocycles. The summed E-state index contributed by atoms with van der Waals surface area (Å²) in [5.41, 5.74) is 0.624. The molecule has 5 nitrogen and oxygen atoms in total. The molecule has 0 bridgehead atoms. The largest absolute Gasteiger partial charge is 0.323 e. The Balaban J connectivity index is 2.25. The number of nitrogens with zero attached hydrogens (tertiary/aromatic N) is 4. The van der Waals surface area contributed by atoms with Crippen LogP contribution in [0, 0.1) is 5.82 Å². The lowest BCUT2D eigenvalue weighted by molar-refractivity contribution is 0.628. The van der Waals surface area contributed by atoms with Gasteiger partial charge in [0.25, 0.3) is 0 Å². The molecule has 1 aromatic carbocycles. The monoisotopic (exact) mass is 227 g/mol. The number of aryl methyl sites for hydroxylation is 1. The molecule has 15 heavy (non-hydrogen) atoms. The van der Waals surface area contributed by atoms with Crippen LogP contribution in [0.3, 0.4) is 0 Å². The van der Waals surface area contributed by atoms with Crippen LogP contribution in [-0.2, 0) is 7.05 Å². The topological polar surface area (TPSA) is 55.6 Å². The van der Waals surface area contributed by atoms with Crippen LogP contribution in [0.2, 0.25) is 5.02 Å². The van der Waals surface area contributed by atoms with Gasteiger partial charge in [-0.15, -0.1) is 0 Å². The Kier molecular flexibility index (Phi) is 2.51. The standard InChI is InChI=1S/C8H7ClFN5/c1-15-8(12-13-14-15)11-5-2-3-7(10)6(9)4-5/h2-4H,1H3,(H,11,12,14). The maximum Gasteiger partial charge on any atom is 0.247 e. The molecule has 0 unspecified atom stereocenters. The first-order valence-corrected chi connectivity index (χ1v) is 4.49. The van der Waals surface area contributed by atoms with E-state index in [4.69, 9.17) is 11.6 Å². The summed E-state index contributed by atoms with van der Waals surface area (Å²) in [4.78, 5) is 0. The Bertz CT molecular complexity index is 484. The highest BCUT2D eigenvalue weighted by Crippen LogP contribution is 2.21. The number of nitrogens with one attached hydrogen (secondary N) is 1. The van der Waals surface area contributed by atoms with Gasteiger partial charge < -0.3 is 5.32 Å². The minimum Gasteiger partial charge on any atom is -0.323 e. The van der Waals surface area contributed by atoms with Crippen molar-refractivity contribution in [2.75, 3.05) is 5.32 Å². The fourth-order valence-corrected chi connectivity index (χ4v) is 1.22. The van der Waals surface area contributed by atoms with Gasteiger partial charge in [0.2, 0.25) is 5.95 Å². The third-order valence-corrected chi connectivity index (χ3v) is 2.09. The van der Waals surface area contributed by atoms with Gasteiger partial charge in [0, 0.05) is 12.7 Å². The van der Waals surface area contributed by atoms with Crippen molar-refractivity contribution < 1.29 is 4.39 Å². The Morgan fingerprint density at radius 1 is 1.47 bits per heavy atom. The van der Waals surface area contributed by atoms with E-state index in [0.29, 0.717) is 11.6 Å². The lowest BCUT2D eigenvalue weighted by atomic mass is 10.3. The molecule has 0 aliphatic heterocycles. The van der Waals surface area contributed by atoms with Crippen LogP contribution in [0.5, 0.6) is 0 Å². The number of anilines is 2. The van der Waals surface area contributed by atoms with Crippen LogP contribution in [0.1, 0.15) is 0 Å². The van der Waals surface area contributed by atoms with E-state index in [2.05, 4.69) is 20.8 Å². The predicted octanol–water partition coefficient (Wildman–Crippen LogP) is 1.75.